The molecule has 0 N–H and O–H groups in total. The molecule has 0 aromatic rings. The minimum absolute atomic E-state index is 0.678. The molecule has 80 valence electrons. The van der Waals surface area contributed by atoms with Gasteiger partial charge in [-0.3, -0.25) is 0 Å². The van der Waals surface area contributed by atoms with Crippen LogP contribution in [0.15, 0.2) is 59.8 Å². The van der Waals surface area contributed by atoms with Gasteiger partial charge in [0.1, 0.15) is 0 Å². The van der Waals surface area contributed by atoms with Crippen LogP contribution in [0.25, 0.3) is 0 Å². The first-order chi connectivity index (χ1) is 7.13. The van der Waals surface area contributed by atoms with E-state index in [4.69, 9.17) is 0 Å². The highest BCUT2D eigenvalue weighted by Gasteiger charge is 2.04. The Morgan fingerprint density at radius 1 is 1.47 bits per heavy atom. The third kappa shape index (κ3) is 3.75. The van der Waals surface area contributed by atoms with Crippen LogP contribution in [0.1, 0.15) is 27.2 Å². The predicted molar refractivity (Wildman–Crippen MR) is 68.7 cm³/mol. The minimum atomic E-state index is 0.678. The average molecular weight is 200 g/mol. The summed E-state index contributed by atoms with van der Waals surface area (Å²) >= 11 is 0. The summed E-state index contributed by atoms with van der Waals surface area (Å²) in [6.45, 7) is 10.2. The Bertz CT molecular complexity index is 348. The molecule has 1 unspecified atom stereocenters. The molecule has 0 aromatic carbocycles. The molecular weight excluding hydrogens is 180 g/mol. The van der Waals surface area contributed by atoms with Crippen LogP contribution in [0.3, 0.4) is 0 Å². The van der Waals surface area contributed by atoms with Crippen LogP contribution >= 0.6 is 0 Å². The Morgan fingerprint density at radius 2 is 2.20 bits per heavy atom. The first-order valence-corrected chi connectivity index (χ1v) is 5.52. The topological polar surface area (TPSA) is 0 Å². The number of allylic oxidation sites excluding steroid dienone is 9. The van der Waals surface area contributed by atoms with E-state index in [-0.39, 0.29) is 0 Å². The summed E-state index contributed by atoms with van der Waals surface area (Å²) in [6, 6.07) is 0. The Labute approximate surface area is 93.4 Å². The second-order valence-corrected chi connectivity index (χ2v) is 4.16. The van der Waals surface area contributed by atoms with Crippen LogP contribution in [-0.2, 0) is 0 Å². The van der Waals surface area contributed by atoms with Gasteiger partial charge >= 0.3 is 0 Å². The maximum atomic E-state index is 3.87. The van der Waals surface area contributed by atoms with E-state index in [0.29, 0.717) is 5.92 Å². The zero-order chi connectivity index (χ0) is 11.3. The molecule has 0 nitrogen and oxygen atoms in total. The van der Waals surface area contributed by atoms with Crippen LogP contribution in [0.4, 0.5) is 0 Å². The number of rotatable bonds is 3. The van der Waals surface area contributed by atoms with Crippen molar-refractivity contribution in [2.75, 3.05) is 0 Å². The van der Waals surface area contributed by atoms with E-state index >= 15 is 0 Å². The molecule has 1 rings (SSSR count). The second kappa shape index (κ2) is 5.55. The highest BCUT2D eigenvalue weighted by Crippen LogP contribution is 2.22. The SMILES string of the molecule is C=C(C)/C=C\C(=C/C)C1=CCC(C)C=C1. The number of hydrogen-bond acceptors (Lipinski definition) is 0. The van der Waals surface area contributed by atoms with Gasteiger partial charge in [-0.25, -0.2) is 0 Å². The van der Waals surface area contributed by atoms with E-state index in [1.165, 1.54) is 11.1 Å². The molecule has 15 heavy (non-hydrogen) atoms. The van der Waals surface area contributed by atoms with Crippen molar-refractivity contribution in [3.63, 3.8) is 0 Å². The van der Waals surface area contributed by atoms with Crippen LogP contribution < -0.4 is 0 Å². The van der Waals surface area contributed by atoms with Crippen LogP contribution in [0, 0.1) is 5.92 Å². The summed E-state index contributed by atoms with van der Waals surface area (Å²) in [7, 11) is 0. The van der Waals surface area contributed by atoms with E-state index in [1.807, 2.05) is 6.92 Å². The van der Waals surface area contributed by atoms with Crippen molar-refractivity contribution in [2.24, 2.45) is 5.92 Å². The van der Waals surface area contributed by atoms with Crippen molar-refractivity contribution in [3.8, 4) is 0 Å². The van der Waals surface area contributed by atoms with Crippen molar-refractivity contribution in [2.45, 2.75) is 27.2 Å². The van der Waals surface area contributed by atoms with Crippen LogP contribution in [-0.4, -0.2) is 0 Å². The Hall–Kier alpha value is -1.30. The molecule has 0 spiro atoms. The summed E-state index contributed by atoms with van der Waals surface area (Å²) in [5, 5.41) is 0. The van der Waals surface area contributed by atoms with E-state index in [9.17, 15) is 0 Å². The van der Waals surface area contributed by atoms with Crippen molar-refractivity contribution in [1.82, 2.24) is 0 Å². The molecule has 1 aliphatic carbocycles. The van der Waals surface area contributed by atoms with Gasteiger partial charge in [0.25, 0.3) is 0 Å². The van der Waals surface area contributed by atoms with Gasteiger partial charge in [-0.1, -0.05) is 55.5 Å². The highest BCUT2D eigenvalue weighted by atomic mass is 14.1. The smallest absolute Gasteiger partial charge is 0.0224 e. The molecule has 0 bridgehead atoms. The molecule has 0 heterocycles. The lowest BCUT2D eigenvalue weighted by atomic mass is 9.93. The Kier molecular flexibility index (Phi) is 4.36. The second-order valence-electron chi connectivity index (χ2n) is 4.16. The maximum Gasteiger partial charge on any atom is -0.0224 e. The van der Waals surface area contributed by atoms with Gasteiger partial charge in [-0.2, -0.15) is 0 Å². The van der Waals surface area contributed by atoms with Crippen molar-refractivity contribution >= 4 is 0 Å². The first-order valence-electron chi connectivity index (χ1n) is 5.52. The van der Waals surface area contributed by atoms with Gasteiger partial charge in [0.05, 0.1) is 0 Å². The van der Waals surface area contributed by atoms with E-state index in [1.54, 1.807) is 0 Å². The molecule has 0 saturated carbocycles. The normalized spacial score (nSPS) is 21.9. The van der Waals surface area contributed by atoms with Crippen molar-refractivity contribution in [1.29, 1.82) is 0 Å². The lowest BCUT2D eigenvalue weighted by Gasteiger charge is -2.12. The molecule has 1 aliphatic rings. The van der Waals surface area contributed by atoms with Gasteiger partial charge in [0, 0.05) is 0 Å². The average Bonchev–Trinajstić information content (AvgIpc) is 2.21. The van der Waals surface area contributed by atoms with E-state index in [0.717, 1.165) is 12.0 Å². The molecule has 0 fully saturated rings. The molecule has 1 atom stereocenters. The van der Waals surface area contributed by atoms with Crippen LogP contribution in [0.2, 0.25) is 0 Å². The van der Waals surface area contributed by atoms with Gasteiger partial charge in [-0.05, 0) is 37.3 Å². The van der Waals surface area contributed by atoms with E-state index < -0.39 is 0 Å². The van der Waals surface area contributed by atoms with Gasteiger partial charge in [0.2, 0.25) is 0 Å². The summed E-state index contributed by atoms with van der Waals surface area (Å²) in [4.78, 5) is 0. The number of hydrogen-bond donors (Lipinski definition) is 0. The highest BCUT2D eigenvalue weighted by molar-refractivity contribution is 5.48. The van der Waals surface area contributed by atoms with E-state index in [2.05, 4.69) is 56.9 Å². The molecule has 0 heteroatoms. The van der Waals surface area contributed by atoms with Gasteiger partial charge < -0.3 is 0 Å². The van der Waals surface area contributed by atoms with Crippen molar-refractivity contribution < 1.29 is 0 Å². The summed E-state index contributed by atoms with van der Waals surface area (Å²) in [5.41, 5.74) is 3.69. The molecule has 0 saturated heterocycles. The summed E-state index contributed by atoms with van der Waals surface area (Å²) in [5.74, 6) is 0.678. The maximum absolute atomic E-state index is 3.87. The third-order valence-corrected chi connectivity index (χ3v) is 2.51. The summed E-state index contributed by atoms with van der Waals surface area (Å²) < 4.78 is 0. The minimum Gasteiger partial charge on any atom is -0.0961 e. The first kappa shape index (κ1) is 11.8. The zero-order valence-corrected chi connectivity index (χ0v) is 9.96. The monoisotopic (exact) mass is 200 g/mol. The molecule has 0 radical (unpaired) electrons. The lowest BCUT2D eigenvalue weighted by molar-refractivity contribution is 0.732. The fraction of sp³-hybridized carbons (Fsp3) is 0.333. The quantitative estimate of drug-likeness (QED) is 0.585. The lowest BCUT2D eigenvalue weighted by Crippen LogP contribution is -1.95. The Balaban J connectivity index is 2.78. The Morgan fingerprint density at radius 3 is 2.67 bits per heavy atom. The fourth-order valence-corrected chi connectivity index (χ4v) is 1.53. The van der Waals surface area contributed by atoms with Crippen LogP contribution in [0.5, 0.6) is 0 Å². The zero-order valence-electron chi connectivity index (χ0n) is 9.96. The third-order valence-electron chi connectivity index (χ3n) is 2.51. The summed E-state index contributed by atoms with van der Waals surface area (Å²) in [6.07, 6.45) is 14.3. The van der Waals surface area contributed by atoms with Gasteiger partial charge in [-0.15, -0.1) is 0 Å². The molecule has 0 aliphatic heterocycles. The standard InChI is InChI=1S/C15H20/c1-5-14(9-6-12(2)3)15-10-7-13(4)8-11-15/h5-7,9-11,13H,2,8H2,1,3-4H3/b9-6-,14-5+. The van der Waals surface area contributed by atoms with Crippen molar-refractivity contribution in [3.05, 3.63) is 59.8 Å². The molecular formula is C15H20. The van der Waals surface area contributed by atoms with Gasteiger partial charge in [0.15, 0.2) is 0 Å². The molecule has 0 amide bonds. The fourth-order valence-electron chi connectivity index (χ4n) is 1.53. The molecule has 0 aromatic heterocycles. The largest absolute Gasteiger partial charge is 0.0961 e. The predicted octanol–water partition coefficient (Wildman–Crippen LogP) is 4.59.